The zero-order valence-electron chi connectivity index (χ0n) is 19.1. The third-order valence-electron chi connectivity index (χ3n) is 5.80. The van der Waals surface area contributed by atoms with Crippen LogP contribution in [0.5, 0.6) is 11.5 Å². The molecule has 5 rings (SSSR count). The Bertz CT molecular complexity index is 1360. The predicted octanol–water partition coefficient (Wildman–Crippen LogP) is 4.39. The normalized spacial score (nSPS) is 12.6. The molecule has 0 bridgehead atoms. The molecule has 2 N–H and O–H groups in total. The first-order valence-electron chi connectivity index (χ1n) is 11.2. The van der Waals surface area contributed by atoms with Crippen LogP contribution in [0.2, 0.25) is 5.02 Å². The lowest BCUT2D eigenvalue weighted by molar-refractivity contribution is 0.0945. The van der Waals surface area contributed by atoms with Crippen molar-refractivity contribution >= 4 is 23.2 Å². The standard InChI is InChI=1S/C26H24ClN5O3/c1-34-25-20(27)6-4-7-21(25)31-32-22-9-13-30-26(33)19(22)15-23(32)18-8-12-28-16-24(18)35-14-10-17-5-2-3-11-29-17/h2-8,11-12,15-16,31H,9-10,13-14H2,1H3,(H,30,33). The smallest absolute Gasteiger partial charge is 0.253 e. The third-order valence-corrected chi connectivity index (χ3v) is 6.10. The molecular weight excluding hydrogens is 466 g/mol. The van der Waals surface area contributed by atoms with Gasteiger partial charge in [0.1, 0.15) is 5.75 Å². The van der Waals surface area contributed by atoms with Crippen molar-refractivity contribution in [1.29, 1.82) is 0 Å². The van der Waals surface area contributed by atoms with Crippen molar-refractivity contribution in [1.82, 2.24) is 20.0 Å². The lowest BCUT2D eigenvalue weighted by Gasteiger charge is -2.21. The first kappa shape index (κ1) is 22.7. The van der Waals surface area contributed by atoms with Crippen molar-refractivity contribution in [2.75, 3.05) is 25.7 Å². The number of pyridine rings is 2. The molecule has 0 radical (unpaired) electrons. The maximum Gasteiger partial charge on any atom is 0.253 e. The number of carbonyl (C=O) groups excluding carboxylic acids is 1. The van der Waals surface area contributed by atoms with Crippen molar-refractivity contribution in [3.8, 4) is 22.8 Å². The molecule has 1 amide bonds. The van der Waals surface area contributed by atoms with E-state index in [1.165, 1.54) is 0 Å². The SMILES string of the molecule is COc1c(Cl)cccc1Nn1c(-c2ccncc2OCCc2ccccn2)cc2c1CCNC2=O. The van der Waals surface area contributed by atoms with Crippen LogP contribution in [0, 0.1) is 0 Å². The molecule has 1 aliphatic heterocycles. The number of rotatable bonds is 8. The molecule has 0 spiro atoms. The monoisotopic (exact) mass is 489 g/mol. The summed E-state index contributed by atoms with van der Waals surface area (Å²) in [4.78, 5) is 21.3. The molecule has 4 aromatic rings. The van der Waals surface area contributed by atoms with Gasteiger partial charge in [0.15, 0.2) is 5.75 Å². The molecule has 4 heterocycles. The highest BCUT2D eigenvalue weighted by molar-refractivity contribution is 6.32. The molecule has 3 aromatic heterocycles. The van der Waals surface area contributed by atoms with E-state index in [-0.39, 0.29) is 5.91 Å². The van der Waals surface area contributed by atoms with Crippen LogP contribution in [0.3, 0.4) is 0 Å². The summed E-state index contributed by atoms with van der Waals surface area (Å²) in [5.74, 6) is 1.02. The summed E-state index contributed by atoms with van der Waals surface area (Å²) >= 11 is 6.35. The van der Waals surface area contributed by atoms with E-state index in [0.717, 1.165) is 22.6 Å². The van der Waals surface area contributed by atoms with E-state index >= 15 is 0 Å². The summed E-state index contributed by atoms with van der Waals surface area (Å²) in [5.41, 5.74) is 8.08. The second-order valence-electron chi connectivity index (χ2n) is 7.96. The van der Waals surface area contributed by atoms with Gasteiger partial charge in [0, 0.05) is 43.0 Å². The second-order valence-corrected chi connectivity index (χ2v) is 8.36. The number of hydrogen-bond acceptors (Lipinski definition) is 6. The van der Waals surface area contributed by atoms with Crippen molar-refractivity contribution < 1.29 is 14.3 Å². The molecule has 0 saturated heterocycles. The molecule has 0 fully saturated rings. The lowest BCUT2D eigenvalue weighted by atomic mass is 10.1. The summed E-state index contributed by atoms with van der Waals surface area (Å²) in [6.45, 7) is 0.986. The summed E-state index contributed by atoms with van der Waals surface area (Å²) in [6, 6.07) is 15.0. The van der Waals surface area contributed by atoms with Gasteiger partial charge in [0.2, 0.25) is 0 Å². The van der Waals surface area contributed by atoms with Gasteiger partial charge >= 0.3 is 0 Å². The van der Waals surface area contributed by atoms with Crippen LogP contribution in [0.4, 0.5) is 5.69 Å². The maximum atomic E-state index is 12.7. The summed E-state index contributed by atoms with van der Waals surface area (Å²) in [6.07, 6.45) is 6.48. The molecule has 35 heavy (non-hydrogen) atoms. The van der Waals surface area contributed by atoms with Gasteiger partial charge in [-0.2, -0.15) is 0 Å². The molecule has 8 nitrogen and oxygen atoms in total. The number of ether oxygens (including phenoxy) is 2. The van der Waals surface area contributed by atoms with Crippen LogP contribution in [0.15, 0.2) is 67.1 Å². The van der Waals surface area contributed by atoms with Crippen molar-refractivity contribution in [3.05, 3.63) is 89.1 Å². The van der Waals surface area contributed by atoms with Crippen LogP contribution < -0.4 is 20.2 Å². The van der Waals surface area contributed by atoms with Crippen LogP contribution in [-0.2, 0) is 12.8 Å². The second kappa shape index (κ2) is 10.1. The van der Waals surface area contributed by atoms with Crippen molar-refractivity contribution in [2.24, 2.45) is 0 Å². The maximum absolute atomic E-state index is 12.7. The number of methoxy groups -OCH3 is 1. The third kappa shape index (κ3) is 4.65. The number of aromatic nitrogens is 3. The van der Waals surface area contributed by atoms with E-state index < -0.39 is 0 Å². The zero-order valence-corrected chi connectivity index (χ0v) is 19.9. The van der Waals surface area contributed by atoms with Crippen molar-refractivity contribution in [3.63, 3.8) is 0 Å². The minimum atomic E-state index is -0.113. The van der Waals surface area contributed by atoms with E-state index in [1.54, 1.807) is 31.8 Å². The first-order chi connectivity index (χ1) is 17.2. The van der Waals surface area contributed by atoms with Gasteiger partial charge in [0.05, 0.1) is 47.6 Å². The van der Waals surface area contributed by atoms with E-state index in [9.17, 15) is 4.79 Å². The lowest BCUT2D eigenvalue weighted by Crippen LogP contribution is -2.33. The Kier molecular flexibility index (Phi) is 6.54. The molecule has 178 valence electrons. The molecule has 0 unspecified atom stereocenters. The minimum Gasteiger partial charge on any atom is -0.493 e. The molecular formula is C26H24ClN5O3. The molecule has 0 atom stereocenters. The largest absolute Gasteiger partial charge is 0.493 e. The van der Waals surface area contributed by atoms with E-state index in [2.05, 4.69) is 20.7 Å². The first-order valence-corrected chi connectivity index (χ1v) is 11.6. The Labute approximate surface area is 207 Å². The Balaban J connectivity index is 1.53. The highest BCUT2D eigenvalue weighted by Gasteiger charge is 2.26. The van der Waals surface area contributed by atoms with Crippen molar-refractivity contribution in [2.45, 2.75) is 12.8 Å². The number of nitrogens with one attached hydrogen (secondary N) is 2. The van der Waals surface area contributed by atoms with E-state index in [4.69, 9.17) is 21.1 Å². The minimum absolute atomic E-state index is 0.113. The van der Waals surface area contributed by atoms with Crippen LogP contribution >= 0.6 is 11.6 Å². The van der Waals surface area contributed by atoms with Gasteiger partial charge in [-0.05, 0) is 36.4 Å². The fourth-order valence-electron chi connectivity index (χ4n) is 4.15. The number of para-hydroxylation sites is 1. The number of anilines is 1. The van der Waals surface area contributed by atoms with Crippen LogP contribution in [0.1, 0.15) is 21.7 Å². The zero-order chi connectivity index (χ0) is 24.2. The number of fused-ring (bicyclic) bond motifs is 1. The molecule has 9 heteroatoms. The molecule has 0 aliphatic carbocycles. The summed E-state index contributed by atoms with van der Waals surface area (Å²) in [5, 5.41) is 3.40. The number of benzene rings is 1. The van der Waals surface area contributed by atoms with Crippen LogP contribution in [0.25, 0.3) is 11.3 Å². The number of amides is 1. The Morgan fingerprint density at radius 2 is 2.06 bits per heavy atom. The Morgan fingerprint density at radius 1 is 1.14 bits per heavy atom. The molecule has 0 saturated carbocycles. The number of hydrogen-bond donors (Lipinski definition) is 2. The molecule has 1 aliphatic rings. The van der Waals surface area contributed by atoms with Gasteiger partial charge in [-0.15, -0.1) is 0 Å². The van der Waals surface area contributed by atoms with E-state index in [0.29, 0.717) is 53.8 Å². The topological polar surface area (TPSA) is 90.3 Å². The fourth-order valence-corrected chi connectivity index (χ4v) is 4.40. The number of halogens is 1. The number of nitrogens with zero attached hydrogens (tertiary/aromatic N) is 3. The molecule has 1 aromatic carbocycles. The van der Waals surface area contributed by atoms with Gasteiger partial charge in [-0.25, -0.2) is 0 Å². The van der Waals surface area contributed by atoms with Gasteiger partial charge in [-0.3, -0.25) is 24.9 Å². The Morgan fingerprint density at radius 3 is 2.89 bits per heavy atom. The predicted molar refractivity (Wildman–Crippen MR) is 134 cm³/mol. The average Bonchev–Trinajstić information content (AvgIpc) is 3.24. The van der Waals surface area contributed by atoms with Gasteiger partial charge < -0.3 is 14.8 Å². The highest BCUT2D eigenvalue weighted by Crippen LogP contribution is 2.37. The van der Waals surface area contributed by atoms with Crippen LogP contribution in [-0.4, -0.2) is 40.8 Å². The Hall–Kier alpha value is -4.04. The van der Waals surface area contributed by atoms with Gasteiger partial charge in [0.25, 0.3) is 5.91 Å². The van der Waals surface area contributed by atoms with E-state index in [1.807, 2.05) is 47.1 Å². The average molecular weight is 490 g/mol. The quantitative estimate of drug-likeness (QED) is 0.381. The summed E-state index contributed by atoms with van der Waals surface area (Å²) < 4.78 is 13.6. The summed E-state index contributed by atoms with van der Waals surface area (Å²) in [7, 11) is 1.57. The fraction of sp³-hybridized carbons (Fsp3) is 0.192. The number of carbonyl (C=O) groups is 1. The highest BCUT2D eigenvalue weighted by atomic mass is 35.5. The van der Waals surface area contributed by atoms with Gasteiger partial charge in [-0.1, -0.05) is 23.7 Å².